The first kappa shape index (κ1) is 38.4. The molecule has 276 valence electrons. The number of nitro benzene ring substituents is 2. The molecule has 0 saturated carbocycles. The Kier molecular flexibility index (Phi) is 12.4. The molecule has 0 atom stereocenters. The first-order chi connectivity index (χ1) is 25.3. The van der Waals surface area contributed by atoms with Crippen LogP contribution in [0.5, 0.6) is 5.75 Å². The minimum absolute atomic E-state index is 0.0400. The molecule has 53 heavy (non-hydrogen) atoms. The van der Waals surface area contributed by atoms with Crippen molar-refractivity contribution in [2.75, 3.05) is 58.4 Å². The van der Waals surface area contributed by atoms with Crippen LogP contribution in [0.3, 0.4) is 0 Å². The van der Waals surface area contributed by atoms with Crippen molar-refractivity contribution < 1.29 is 38.4 Å². The molecule has 0 radical (unpaired) electrons. The van der Waals surface area contributed by atoms with Gasteiger partial charge in [0.25, 0.3) is 17.3 Å². The van der Waals surface area contributed by atoms with E-state index in [2.05, 4.69) is 10.6 Å². The Hall–Kier alpha value is -5.81. The van der Waals surface area contributed by atoms with Gasteiger partial charge in [-0.3, -0.25) is 34.6 Å². The van der Waals surface area contributed by atoms with E-state index in [0.717, 1.165) is 6.07 Å². The van der Waals surface area contributed by atoms with Gasteiger partial charge in [0.15, 0.2) is 0 Å². The largest absolute Gasteiger partial charge is 0.506 e. The number of nitrogens with one attached hydrogen (secondary N) is 2. The fraction of sp³-hybridized carbons (Fsp3) is 0.229. The molecule has 1 aliphatic carbocycles. The number of benzene rings is 4. The number of non-ortho nitro benzene ring substituents is 1. The van der Waals surface area contributed by atoms with Crippen LogP contribution in [0, 0.1) is 20.2 Å². The van der Waals surface area contributed by atoms with Crippen LogP contribution < -0.4 is 16.1 Å². The molecule has 0 fully saturated rings. The third-order valence-electron chi connectivity index (χ3n) is 7.89. The molecule has 1 aliphatic heterocycles. The molecule has 0 aromatic heterocycles. The lowest BCUT2D eigenvalue weighted by Gasteiger charge is -2.21. The molecule has 3 aromatic rings. The first-order valence-electron chi connectivity index (χ1n) is 15.9. The normalized spacial score (nSPS) is 11.1. The number of phenolic OH excluding ortho intramolecular Hbond substituents is 1. The van der Waals surface area contributed by atoms with Crippen LogP contribution in [0.4, 0.5) is 17.1 Å². The second-order valence-electron chi connectivity index (χ2n) is 11.5. The van der Waals surface area contributed by atoms with E-state index < -0.39 is 32.8 Å². The Morgan fingerprint density at radius 3 is 2.32 bits per heavy atom. The molecule has 16 nitrogen and oxygen atoms in total. The van der Waals surface area contributed by atoms with Crippen molar-refractivity contribution in [1.29, 1.82) is 0 Å². The van der Waals surface area contributed by atoms with E-state index in [4.69, 9.17) is 37.1 Å². The van der Waals surface area contributed by atoms with Gasteiger partial charge in [0, 0.05) is 60.4 Å². The van der Waals surface area contributed by atoms with Crippen LogP contribution in [0.2, 0.25) is 10.0 Å². The second-order valence-corrected chi connectivity index (χ2v) is 12.3. The van der Waals surface area contributed by atoms with Crippen molar-refractivity contribution in [3.05, 3.63) is 113 Å². The topological polar surface area (TPSA) is 217 Å². The number of hydrogen-bond donors (Lipinski definition) is 3. The Labute approximate surface area is 310 Å². The standard InChI is InChI=1S/C35H31Cl2N5O11/c1-40(19-33(45)39-9-11-52-13-12-51-10-8-38-27-7-6-20(41(47)48)14-28(27)42(49)50)35(46)22-5-3-2-4-21(22)34-23-15-25(36)29(43)17-31(23)53-32-18-30(44)26(37)16-24(32)34/h2-7,14-18,38,43H,8-13,19H2,1H3,(H,39,45). The number of amides is 2. The number of nitro groups is 2. The average Bonchev–Trinajstić information content (AvgIpc) is 3.12. The van der Waals surface area contributed by atoms with Gasteiger partial charge in [0.2, 0.25) is 11.3 Å². The lowest BCUT2D eigenvalue weighted by molar-refractivity contribution is -0.393. The maximum absolute atomic E-state index is 13.8. The number of aromatic hydroxyl groups is 1. The molecule has 3 N–H and O–H groups in total. The van der Waals surface area contributed by atoms with E-state index in [9.17, 15) is 39.7 Å². The zero-order valence-corrected chi connectivity index (χ0v) is 29.4. The van der Waals surface area contributed by atoms with E-state index in [1.165, 1.54) is 48.3 Å². The number of carbonyl (C=O) groups is 2. The van der Waals surface area contributed by atoms with Crippen LogP contribution in [-0.4, -0.2) is 84.8 Å². The van der Waals surface area contributed by atoms with Crippen LogP contribution >= 0.6 is 23.2 Å². The summed E-state index contributed by atoms with van der Waals surface area (Å²) >= 11 is 12.5. The third kappa shape index (κ3) is 9.17. The van der Waals surface area contributed by atoms with Crippen molar-refractivity contribution in [3.8, 4) is 28.2 Å². The predicted octanol–water partition coefficient (Wildman–Crippen LogP) is 5.73. The van der Waals surface area contributed by atoms with Crippen molar-refractivity contribution in [1.82, 2.24) is 10.2 Å². The fourth-order valence-electron chi connectivity index (χ4n) is 5.40. The maximum Gasteiger partial charge on any atom is 0.299 e. The summed E-state index contributed by atoms with van der Waals surface area (Å²) in [5, 5.41) is 38.3. The van der Waals surface area contributed by atoms with Gasteiger partial charge in [-0.2, -0.15) is 0 Å². The Bertz CT molecular complexity index is 2230. The summed E-state index contributed by atoms with van der Waals surface area (Å²) in [5.41, 5.74) is 0.668. The molecule has 3 aromatic carbocycles. The van der Waals surface area contributed by atoms with Gasteiger partial charge in [0.1, 0.15) is 22.8 Å². The summed E-state index contributed by atoms with van der Waals surface area (Å²) in [5.74, 6) is -0.963. The van der Waals surface area contributed by atoms with Crippen molar-refractivity contribution in [2.45, 2.75) is 0 Å². The Morgan fingerprint density at radius 1 is 0.887 bits per heavy atom. The van der Waals surface area contributed by atoms with Gasteiger partial charge < -0.3 is 34.5 Å². The van der Waals surface area contributed by atoms with Gasteiger partial charge in [0.05, 0.1) is 58.9 Å². The van der Waals surface area contributed by atoms with E-state index in [-0.39, 0.29) is 90.1 Å². The molecular formula is C35H31Cl2N5O11. The molecule has 2 amide bonds. The summed E-state index contributed by atoms with van der Waals surface area (Å²) in [6.07, 6.45) is 0. The number of carbonyl (C=O) groups excluding carboxylic acids is 2. The number of nitrogens with zero attached hydrogens (tertiary/aromatic N) is 3. The lowest BCUT2D eigenvalue weighted by Crippen LogP contribution is -2.39. The average molecular weight is 769 g/mol. The number of rotatable bonds is 16. The molecule has 5 rings (SSSR count). The minimum Gasteiger partial charge on any atom is -0.506 e. The number of ether oxygens (including phenoxy) is 2. The smallest absolute Gasteiger partial charge is 0.299 e. The van der Waals surface area contributed by atoms with Gasteiger partial charge in [-0.15, -0.1) is 0 Å². The van der Waals surface area contributed by atoms with Crippen LogP contribution in [0.1, 0.15) is 10.4 Å². The van der Waals surface area contributed by atoms with Gasteiger partial charge >= 0.3 is 0 Å². The predicted molar refractivity (Wildman–Crippen MR) is 196 cm³/mol. The van der Waals surface area contributed by atoms with E-state index in [0.29, 0.717) is 22.1 Å². The molecule has 0 unspecified atom stereocenters. The molecule has 18 heteroatoms. The van der Waals surface area contributed by atoms with Crippen molar-refractivity contribution >= 4 is 63.0 Å². The molecule has 0 bridgehead atoms. The Morgan fingerprint density at radius 2 is 1.60 bits per heavy atom. The highest BCUT2D eigenvalue weighted by atomic mass is 35.5. The molecule has 1 heterocycles. The Balaban J connectivity index is 1.12. The summed E-state index contributed by atoms with van der Waals surface area (Å²) in [6.45, 7) is 0.827. The molecule has 0 spiro atoms. The van der Waals surface area contributed by atoms with E-state index >= 15 is 0 Å². The first-order valence-corrected chi connectivity index (χ1v) is 16.6. The summed E-state index contributed by atoms with van der Waals surface area (Å²) in [4.78, 5) is 60.8. The zero-order valence-electron chi connectivity index (χ0n) is 27.9. The van der Waals surface area contributed by atoms with Crippen molar-refractivity contribution in [2.24, 2.45) is 0 Å². The number of hydrogen-bond acceptors (Lipinski definition) is 12. The van der Waals surface area contributed by atoms with Crippen LogP contribution in [0.25, 0.3) is 33.4 Å². The SMILES string of the molecule is CN(CC(=O)NCCOCCOCCNc1ccc([N+](=O)[O-])cc1[N+](=O)[O-])C(=O)c1ccccc1-c1c2cc(Cl)c(=O)cc-2oc2cc(O)c(Cl)cc12. The maximum atomic E-state index is 13.8. The zero-order chi connectivity index (χ0) is 38.2. The fourth-order valence-corrected chi connectivity index (χ4v) is 5.73. The quantitative estimate of drug-likeness (QED) is 0.0475. The van der Waals surface area contributed by atoms with Crippen molar-refractivity contribution in [3.63, 3.8) is 0 Å². The number of phenols is 1. The monoisotopic (exact) mass is 767 g/mol. The second kappa shape index (κ2) is 17.1. The molecule has 2 aliphatic rings. The summed E-state index contributed by atoms with van der Waals surface area (Å²) in [6, 6.07) is 15.5. The summed E-state index contributed by atoms with van der Waals surface area (Å²) < 4.78 is 16.8. The van der Waals surface area contributed by atoms with Gasteiger partial charge in [-0.05, 0) is 29.8 Å². The summed E-state index contributed by atoms with van der Waals surface area (Å²) in [7, 11) is 1.48. The van der Waals surface area contributed by atoms with Gasteiger partial charge in [-0.1, -0.05) is 41.4 Å². The number of halogens is 2. The van der Waals surface area contributed by atoms with E-state index in [1.807, 2.05) is 0 Å². The van der Waals surface area contributed by atoms with Crippen LogP contribution in [-0.2, 0) is 14.3 Å². The molecular weight excluding hydrogens is 737 g/mol. The third-order valence-corrected chi connectivity index (χ3v) is 8.49. The molecule has 0 saturated heterocycles. The number of fused-ring (bicyclic) bond motifs is 2. The minimum atomic E-state index is -0.713. The van der Waals surface area contributed by atoms with Gasteiger partial charge in [-0.25, -0.2) is 0 Å². The highest BCUT2D eigenvalue weighted by Gasteiger charge is 2.25. The van der Waals surface area contributed by atoms with E-state index in [1.54, 1.807) is 24.3 Å². The lowest BCUT2D eigenvalue weighted by atomic mass is 9.90. The highest BCUT2D eigenvalue weighted by molar-refractivity contribution is 6.33. The highest BCUT2D eigenvalue weighted by Crippen LogP contribution is 2.44. The van der Waals surface area contributed by atoms with Crippen LogP contribution in [0.15, 0.2) is 75.9 Å². The number of anilines is 1. The number of likely N-dealkylation sites (N-methyl/N-ethyl adjacent to an activating group) is 1.